The number of aryl methyl sites for hydroxylation is 1. The average molecular weight is 235 g/mol. The molecule has 0 aliphatic carbocycles. The van der Waals surface area contributed by atoms with Crippen LogP contribution in [0.5, 0.6) is 11.5 Å². The zero-order valence-corrected chi connectivity index (χ0v) is 10.0. The van der Waals surface area contributed by atoms with Crippen molar-refractivity contribution >= 4 is 11.5 Å². The lowest BCUT2D eigenvalue weighted by atomic mass is 10.1. The van der Waals surface area contributed by atoms with E-state index in [1.165, 1.54) is 11.5 Å². The molecule has 0 unspecified atom stereocenters. The van der Waals surface area contributed by atoms with Crippen LogP contribution in [0, 0.1) is 0 Å². The number of nitrogens with zero attached hydrogens (tertiary/aromatic N) is 1. The minimum Gasteiger partial charge on any atom is -0.507 e. The van der Waals surface area contributed by atoms with Gasteiger partial charge in [-0.05, 0) is 35.6 Å². The Hall–Kier alpha value is -1.55. The van der Waals surface area contributed by atoms with Crippen LogP contribution in [0.25, 0.3) is 10.4 Å². The minimum atomic E-state index is 0.235. The summed E-state index contributed by atoms with van der Waals surface area (Å²) in [6.45, 7) is 2.06. The molecule has 0 aliphatic rings. The van der Waals surface area contributed by atoms with E-state index >= 15 is 0 Å². The van der Waals surface area contributed by atoms with E-state index < -0.39 is 0 Å². The summed E-state index contributed by atoms with van der Waals surface area (Å²) in [5.41, 5.74) is 1.91. The minimum absolute atomic E-state index is 0.235. The van der Waals surface area contributed by atoms with E-state index in [0.717, 1.165) is 28.2 Å². The second-order valence-corrected chi connectivity index (χ2v) is 4.24. The van der Waals surface area contributed by atoms with Gasteiger partial charge in [0, 0.05) is 17.8 Å². The number of aromatic nitrogens is 1. The third-order valence-electron chi connectivity index (χ3n) is 2.48. The van der Waals surface area contributed by atoms with Gasteiger partial charge in [0.05, 0.1) is 12.0 Å². The van der Waals surface area contributed by atoms with Gasteiger partial charge in [-0.3, -0.25) is 0 Å². The van der Waals surface area contributed by atoms with Crippen LogP contribution in [0.1, 0.15) is 12.5 Å². The van der Waals surface area contributed by atoms with Crippen molar-refractivity contribution in [3.63, 3.8) is 0 Å². The largest absolute Gasteiger partial charge is 0.507 e. The molecular weight excluding hydrogens is 222 g/mol. The number of phenols is 1. The van der Waals surface area contributed by atoms with Crippen molar-refractivity contribution in [1.82, 2.24) is 4.37 Å². The highest BCUT2D eigenvalue weighted by atomic mass is 32.1. The number of phenolic OH excluding ortho intramolecular Hbond substituents is 1. The van der Waals surface area contributed by atoms with Gasteiger partial charge in [0.15, 0.2) is 0 Å². The Morgan fingerprint density at radius 1 is 1.44 bits per heavy atom. The van der Waals surface area contributed by atoms with Gasteiger partial charge in [-0.1, -0.05) is 6.92 Å². The summed E-state index contributed by atoms with van der Waals surface area (Å²) in [5.74, 6) is 0.964. The lowest BCUT2D eigenvalue weighted by Gasteiger charge is -2.10. The maximum absolute atomic E-state index is 9.91. The Labute approximate surface area is 98.5 Å². The SMILES string of the molecule is CCc1cc(-c2ccns2)c(O)cc1OC. The van der Waals surface area contributed by atoms with Crippen molar-refractivity contribution < 1.29 is 9.84 Å². The standard InChI is InChI=1S/C12H13NO2S/c1-3-8-6-9(12-4-5-13-16-12)10(14)7-11(8)15-2/h4-7,14H,3H2,1-2H3. The molecule has 0 aliphatic heterocycles. The van der Waals surface area contributed by atoms with Crippen LogP contribution in [-0.4, -0.2) is 16.6 Å². The highest BCUT2D eigenvalue weighted by Crippen LogP contribution is 2.36. The van der Waals surface area contributed by atoms with Crippen molar-refractivity contribution in [3.05, 3.63) is 30.0 Å². The van der Waals surface area contributed by atoms with Crippen LogP contribution in [0.3, 0.4) is 0 Å². The molecule has 0 spiro atoms. The molecule has 4 heteroatoms. The Morgan fingerprint density at radius 3 is 2.81 bits per heavy atom. The summed E-state index contributed by atoms with van der Waals surface area (Å²) in [7, 11) is 1.61. The first-order chi connectivity index (χ1) is 7.76. The molecule has 2 aromatic rings. The molecule has 1 N–H and O–H groups in total. The monoisotopic (exact) mass is 235 g/mol. The smallest absolute Gasteiger partial charge is 0.127 e. The number of hydrogen-bond donors (Lipinski definition) is 1. The van der Waals surface area contributed by atoms with Crippen LogP contribution >= 0.6 is 11.5 Å². The molecule has 0 saturated carbocycles. The second-order valence-electron chi connectivity index (χ2n) is 3.41. The number of hydrogen-bond acceptors (Lipinski definition) is 4. The van der Waals surface area contributed by atoms with Crippen LogP contribution < -0.4 is 4.74 Å². The summed E-state index contributed by atoms with van der Waals surface area (Å²) in [6, 6.07) is 5.52. The van der Waals surface area contributed by atoms with E-state index in [2.05, 4.69) is 11.3 Å². The Kier molecular flexibility index (Phi) is 3.10. The van der Waals surface area contributed by atoms with Gasteiger partial charge in [0.1, 0.15) is 11.5 Å². The van der Waals surface area contributed by atoms with Crippen molar-refractivity contribution in [2.75, 3.05) is 7.11 Å². The second kappa shape index (κ2) is 4.53. The lowest BCUT2D eigenvalue weighted by molar-refractivity contribution is 0.403. The zero-order valence-electron chi connectivity index (χ0n) is 9.23. The third-order valence-corrected chi connectivity index (χ3v) is 3.26. The van der Waals surface area contributed by atoms with E-state index in [1.807, 2.05) is 12.1 Å². The van der Waals surface area contributed by atoms with Gasteiger partial charge in [-0.25, -0.2) is 4.37 Å². The summed E-state index contributed by atoms with van der Waals surface area (Å²) in [4.78, 5) is 0.967. The van der Waals surface area contributed by atoms with E-state index in [1.54, 1.807) is 19.4 Å². The topological polar surface area (TPSA) is 42.4 Å². The molecule has 0 amide bonds. The number of benzene rings is 1. The maximum atomic E-state index is 9.91. The lowest BCUT2D eigenvalue weighted by Crippen LogP contribution is -1.91. The number of rotatable bonds is 3. The van der Waals surface area contributed by atoms with Gasteiger partial charge in [-0.2, -0.15) is 0 Å². The summed E-state index contributed by atoms with van der Waals surface area (Å²) >= 11 is 1.37. The predicted octanol–water partition coefficient (Wildman–Crippen LogP) is 3.09. The Balaban J connectivity index is 2.55. The van der Waals surface area contributed by atoms with Crippen molar-refractivity contribution in [2.45, 2.75) is 13.3 Å². The highest BCUT2D eigenvalue weighted by molar-refractivity contribution is 7.09. The van der Waals surface area contributed by atoms with Crippen LogP contribution in [0.15, 0.2) is 24.4 Å². The molecule has 1 aromatic carbocycles. The zero-order chi connectivity index (χ0) is 11.5. The Morgan fingerprint density at radius 2 is 2.25 bits per heavy atom. The first-order valence-corrected chi connectivity index (χ1v) is 5.84. The molecule has 1 aromatic heterocycles. The quantitative estimate of drug-likeness (QED) is 0.889. The van der Waals surface area contributed by atoms with Gasteiger partial charge in [-0.15, -0.1) is 0 Å². The fourth-order valence-electron chi connectivity index (χ4n) is 1.63. The number of aromatic hydroxyl groups is 1. The van der Waals surface area contributed by atoms with Crippen molar-refractivity contribution in [2.24, 2.45) is 0 Å². The maximum Gasteiger partial charge on any atom is 0.127 e. The summed E-state index contributed by atoms with van der Waals surface area (Å²) < 4.78 is 9.25. The third kappa shape index (κ3) is 1.88. The van der Waals surface area contributed by atoms with Crippen molar-refractivity contribution in [1.29, 1.82) is 0 Å². The number of methoxy groups -OCH3 is 1. The van der Waals surface area contributed by atoms with Gasteiger partial charge in [0.25, 0.3) is 0 Å². The first-order valence-electron chi connectivity index (χ1n) is 5.07. The van der Waals surface area contributed by atoms with Gasteiger partial charge >= 0.3 is 0 Å². The van der Waals surface area contributed by atoms with E-state index in [9.17, 15) is 5.11 Å². The highest BCUT2D eigenvalue weighted by Gasteiger charge is 2.11. The molecular formula is C12H13NO2S. The number of ether oxygens (including phenoxy) is 1. The van der Waals surface area contributed by atoms with Gasteiger partial charge < -0.3 is 9.84 Å². The van der Waals surface area contributed by atoms with E-state index in [4.69, 9.17) is 4.74 Å². The van der Waals surface area contributed by atoms with Crippen molar-refractivity contribution in [3.8, 4) is 21.9 Å². The van der Waals surface area contributed by atoms with Crippen LogP contribution in [0.4, 0.5) is 0 Å². The molecule has 84 valence electrons. The molecule has 3 nitrogen and oxygen atoms in total. The van der Waals surface area contributed by atoms with E-state index in [-0.39, 0.29) is 5.75 Å². The van der Waals surface area contributed by atoms with E-state index in [0.29, 0.717) is 0 Å². The molecule has 0 bridgehead atoms. The molecule has 0 fully saturated rings. The summed E-state index contributed by atoms with van der Waals surface area (Å²) in [5, 5.41) is 9.91. The Bertz CT molecular complexity index is 480. The average Bonchev–Trinajstić information content (AvgIpc) is 2.82. The normalized spacial score (nSPS) is 10.4. The molecule has 2 rings (SSSR count). The molecule has 1 heterocycles. The predicted molar refractivity (Wildman–Crippen MR) is 65.1 cm³/mol. The fraction of sp³-hybridized carbons (Fsp3) is 0.250. The van der Waals surface area contributed by atoms with Gasteiger partial charge in [0.2, 0.25) is 0 Å². The first kappa shape index (κ1) is 11.0. The van der Waals surface area contributed by atoms with Crippen LogP contribution in [-0.2, 0) is 6.42 Å². The molecule has 16 heavy (non-hydrogen) atoms. The molecule has 0 atom stereocenters. The molecule has 0 radical (unpaired) electrons. The fourth-order valence-corrected chi connectivity index (χ4v) is 2.25. The van der Waals surface area contributed by atoms with Crippen LogP contribution in [0.2, 0.25) is 0 Å². The molecule has 0 saturated heterocycles. The summed E-state index contributed by atoms with van der Waals surface area (Å²) in [6.07, 6.45) is 2.60.